The Kier molecular flexibility index (Phi) is 3.87. The third-order valence-electron chi connectivity index (χ3n) is 2.54. The van der Waals surface area contributed by atoms with Gasteiger partial charge >= 0.3 is 0 Å². The fourth-order valence-electron chi connectivity index (χ4n) is 1.74. The van der Waals surface area contributed by atoms with Crippen LogP contribution >= 0.6 is 11.6 Å². The van der Waals surface area contributed by atoms with Gasteiger partial charge in [0.15, 0.2) is 0 Å². The number of benzene rings is 1. The molecule has 0 aliphatic rings. The van der Waals surface area contributed by atoms with Crippen molar-refractivity contribution < 1.29 is 9.32 Å². The van der Waals surface area contributed by atoms with Crippen LogP contribution in [0.15, 0.2) is 28.8 Å². The Labute approximate surface area is 116 Å². The monoisotopic (exact) mass is 279 g/mol. The van der Waals surface area contributed by atoms with Crippen LogP contribution in [0.4, 0.5) is 0 Å². The van der Waals surface area contributed by atoms with Crippen molar-refractivity contribution in [3.8, 4) is 11.3 Å². The lowest BCUT2D eigenvalue weighted by molar-refractivity contribution is 0.0856. The topological polar surface area (TPSA) is 58.4 Å². The average Bonchev–Trinajstić information content (AvgIpc) is 2.70. The molecule has 0 bridgehead atoms. The normalized spacial score (nSPS) is 10.8. The van der Waals surface area contributed by atoms with Gasteiger partial charge in [-0.05, 0) is 13.0 Å². The second kappa shape index (κ2) is 5.42. The molecule has 100 valence electrons. The third-order valence-corrected chi connectivity index (χ3v) is 2.87. The predicted octanol–water partition coefficient (Wildman–Crippen LogP) is 2.51. The van der Waals surface area contributed by atoms with E-state index in [9.17, 15) is 4.79 Å². The van der Waals surface area contributed by atoms with E-state index in [1.165, 1.54) is 0 Å². The van der Waals surface area contributed by atoms with E-state index in [0.717, 1.165) is 0 Å². The molecule has 2 aromatic rings. The van der Waals surface area contributed by atoms with Crippen LogP contribution < -0.4 is 5.43 Å². The van der Waals surface area contributed by atoms with E-state index in [1.807, 2.05) is 12.1 Å². The number of rotatable bonds is 3. The first-order valence-electron chi connectivity index (χ1n) is 5.70. The molecule has 0 fully saturated rings. The number of carbonyl (C=O) groups excluding carboxylic acids is 1. The van der Waals surface area contributed by atoms with Crippen molar-refractivity contribution in [2.45, 2.75) is 6.92 Å². The quantitative estimate of drug-likeness (QED) is 0.877. The molecule has 1 aromatic carbocycles. The zero-order chi connectivity index (χ0) is 14.0. The Balaban J connectivity index is 2.49. The van der Waals surface area contributed by atoms with Crippen LogP contribution in [0.25, 0.3) is 11.3 Å². The highest BCUT2D eigenvalue weighted by molar-refractivity contribution is 6.33. The fraction of sp³-hybridized carbons (Fsp3) is 0.231. The van der Waals surface area contributed by atoms with E-state index in [-0.39, 0.29) is 5.91 Å². The molecule has 6 heteroatoms. The molecule has 2 rings (SSSR count). The predicted molar refractivity (Wildman–Crippen MR) is 72.8 cm³/mol. The summed E-state index contributed by atoms with van der Waals surface area (Å²) in [6.45, 7) is 1.69. The summed E-state index contributed by atoms with van der Waals surface area (Å²) in [5.41, 5.74) is 4.18. The van der Waals surface area contributed by atoms with Gasteiger partial charge < -0.3 is 4.52 Å². The molecule has 5 nitrogen and oxygen atoms in total. The number of carbonyl (C=O) groups is 1. The highest BCUT2D eigenvalue weighted by Crippen LogP contribution is 2.30. The zero-order valence-electron chi connectivity index (χ0n) is 10.9. The lowest BCUT2D eigenvalue weighted by atomic mass is 10.1. The molecule has 1 N–H and O–H groups in total. The van der Waals surface area contributed by atoms with E-state index < -0.39 is 0 Å². The molecule has 0 radical (unpaired) electrons. The minimum absolute atomic E-state index is 0.279. The second-order valence-electron chi connectivity index (χ2n) is 4.28. The Bertz CT molecular complexity index is 608. The largest absolute Gasteiger partial charge is 0.360 e. The summed E-state index contributed by atoms with van der Waals surface area (Å²) in [5, 5.41) is 6.02. The summed E-state index contributed by atoms with van der Waals surface area (Å²) in [6.07, 6.45) is 0. The molecule has 1 heterocycles. The first-order valence-corrected chi connectivity index (χ1v) is 6.08. The lowest BCUT2D eigenvalue weighted by Crippen LogP contribution is -2.36. The Morgan fingerprint density at radius 2 is 2.05 bits per heavy atom. The van der Waals surface area contributed by atoms with Crippen molar-refractivity contribution in [1.29, 1.82) is 0 Å². The van der Waals surface area contributed by atoms with E-state index >= 15 is 0 Å². The summed E-state index contributed by atoms with van der Waals surface area (Å²) in [4.78, 5) is 12.1. The van der Waals surface area contributed by atoms with E-state index in [1.54, 1.807) is 38.2 Å². The van der Waals surface area contributed by atoms with Crippen LogP contribution in [0, 0.1) is 6.92 Å². The molecule has 0 saturated heterocycles. The van der Waals surface area contributed by atoms with Crippen molar-refractivity contribution in [3.63, 3.8) is 0 Å². The van der Waals surface area contributed by atoms with Crippen molar-refractivity contribution in [2.75, 3.05) is 14.1 Å². The van der Waals surface area contributed by atoms with Crippen molar-refractivity contribution in [2.24, 2.45) is 0 Å². The van der Waals surface area contributed by atoms with Crippen LogP contribution in [0.3, 0.4) is 0 Å². The van der Waals surface area contributed by atoms with E-state index in [0.29, 0.717) is 27.6 Å². The molecule has 0 aliphatic carbocycles. The fourth-order valence-corrected chi connectivity index (χ4v) is 1.96. The first-order chi connectivity index (χ1) is 9.00. The molecule has 19 heavy (non-hydrogen) atoms. The number of halogens is 1. The van der Waals surface area contributed by atoms with Crippen LogP contribution in [0.1, 0.15) is 16.1 Å². The maximum atomic E-state index is 12.1. The van der Waals surface area contributed by atoms with Gasteiger partial charge in [0.1, 0.15) is 17.0 Å². The molecule has 1 amide bonds. The van der Waals surface area contributed by atoms with Crippen LogP contribution in [-0.4, -0.2) is 30.2 Å². The molecule has 0 spiro atoms. The summed E-state index contributed by atoms with van der Waals surface area (Å²) in [5.74, 6) is 0.174. The van der Waals surface area contributed by atoms with Gasteiger partial charge in [0.25, 0.3) is 5.91 Å². The zero-order valence-corrected chi connectivity index (χ0v) is 11.7. The van der Waals surface area contributed by atoms with Gasteiger partial charge in [-0.3, -0.25) is 10.2 Å². The molecular formula is C13H14ClN3O2. The Hall–Kier alpha value is -1.85. The number of hydrogen-bond donors (Lipinski definition) is 1. The number of hydrogen-bond acceptors (Lipinski definition) is 4. The van der Waals surface area contributed by atoms with Crippen LogP contribution in [-0.2, 0) is 0 Å². The van der Waals surface area contributed by atoms with Gasteiger partial charge in [0.2, 0.25) is 0 Å². The highest BCUT2D eigenvalue weighted by atomic mass is 35.5. The molecule has 0 unspecified atom stereocenters. The number of nitrogens with zero attached hydrogens (tertiary/aromatic N) is 2. The molecule has 1 aromatic heterocycles. The Morgan fingerprint density at radius 3 is 2.68 bits per heavy atom. The summed E-state index contributed by atoms with van der Waals surface area (Å²) in [6, 6.07) is 7.19. The Morgan fingerprint density at radius 1 is 1.37 bits per heavy atom. The number of hydrazine groups is 1. The van der Waals surface area contributed by atoms with Gasteiger partial charge in [-0.2, -0.15) is 0 Å². The number of aryl methyl sites for hydroxylation is 1. The standard InChI is InChI=1S/C13H14ClN3O2/c1-8-11(13(18)15-17(2)3)12(16-19-8)9-6-4-5-7-10(9)14/h4-7H,1-3H3,(H,15,18). The van der Waals surface area contributed by atoms with Crippen LogP contribution in [0.5, 0.6) is 0 Å². The average molecular weight is 280 g/mol. The minimum Gasteiger partial charge on any atom is -0.360 e. The van der Waals surface area contributed by atoms with Gasteiger partial charge in [-0.15, -0.1) is 0 Å². The van der Waals surface area contributed by atoms with Crippen molar-refractivity contribution >= 4 is 17.5 Å². The van der Waals surface area contributed by atoms with Gasteiger partial charge in [0.05, 0.1) is 5.02 Å². The SMILES string of the molecule is Cc1onc(-c2ccccc2Cl)c1C(=O)NN(C)C. The molecule has 0 saturated carbocycles. The van der Waals surface area contributed by atoms with E-state index in [2.05, 4.69) is 10.6 Å². The maximum Gasteiger partial charge on any atom is 0.271 e. The third kappa shape index (κ3) is 2.77. The highest BCUT2D eigenvalue weighted by Gasteiger charge is 2.23. The number of aromatic nitrogens is 1. The van der Waals surface area contributed by atoms with Crippen molar-refractivity contribution in [3.05, 3.63) is 40.6 Å². The summed E-state index contributed by atoms with van der Waals surface area (Å²) in [7, 11) is 3.46. The van der Waals surface area contributed by atoms with E-state index in [4.69, 9.17) is 16.1 Å². The van der Waals surface area contributed by atoms with Crippen LogP contribution in [0.2, 0.25) is 5.02 Å². The van der Waals surface area contributed by atoms with Gasteiger partial charge in [0, 0.05) is 19.7 Å². The first kappa shape index (κ1) is 13.6. The maximum absolute atomic E-state index is 12.1. The van der Waals surface area contributed by atoms with Gasteiger partial charge in [-0.1, -0.05) is 35.0 Å². The second-order valence-corrected chi connectivity index (χ2v) is 4.68. The van der Waals surface area contributed by atoms with Crippen molar-refractivity contribution in [1.82, 2.24) is 15.6 Å². The van der Waals surface area contributed by atoms with Gasteiger partial charge in [-0.25, -0.2) is 5.01 Å². The smallest absolute Gasteiger partial charge is 0.271 e. The lowest BCUT2D eigenvalue weighted by Gasteiger charge is -2.11. The molecule has 0 aliphatic heterocycles. The summed E-state index contributed by atoms with van der Waals surface area (Å²) >= 11 is 6.13. The molecule has 0 atom stereocenters. The minimum atomic E-state index is -0.279. The molecular weight excluding hydrogens is 266 g/mol. The number of amides is 1. The summed E-state index contributed by atoms with van der Waals surface area (Å²) < 4.78 is 5.12. The number of nitrogens with one attached hydrogen (secondary N) is 1.